The summed E-state index contributed by atoms with van der Waals surface area (Å²) in [5.74, 6) is 2.12. The summed E-state index contributed by atoms with van der Waals surface area (Å²) in [6.45, 7) is 0.141. The van der Waals surface area contributed by atoms with Crippen molar-refractivity contribution in [3.63, 3.8) is 0 Å². The third kappa shape index (κ3) is 2.85. The molecule has 2 aromatic carbocycles. The van der Waals surface area contributed by atoms with Gasteiger partial charge in [-0.3, -0.25) is 4.79 Å². The lowest BCUT2D eigenvalue weighted by atomic mass is 9.77. The molecule has 140 valence electrons. The van der Waals surface area contributed by atoms with Crippen LogP contribution in [0.1, 0.15) is 33.8 Å². The van der Waals surface area contributed by atoms with Gasteiger partial charge in [0.15, 0.2) is 28.8 Å². The van der Waals surface area contributed by atoms with E-state index in [0.717, 1.165) is 5.56 Å². The molecule has 0 bridgehead atoms. The Balaban J connectivity index is 1.83. The van der Waals surface area contributed by atoms with Crippen LogP contribution in [0.2, 0.25) is 0 Å². The fourth-order valence-electron chi connectivity index (χ4n) is 3.52. The van der Waals surface area contributed by atoms with E-state index in [1.165, 1.54) is 7.11 Å². The zero-order valence-electron chi connectivity index (χ0n) is 15.3. The Morgan fingerprint density at radius 3 is 2.33 bits per heavy atom. The fourth-order valence-corrected chi connectivity index (χ4v) is 3.52. The summed E-state index contributed by atoms with van der Waals surface area (Å²) in [6.07, 6.45) is 0.268. The first-order valence-corrected chi connectivity index (χ1v) is 8.46. The summed E-state index contributed by atoms with van der Waals surface area (Å²) >= 11 is 0. The Labute approximate surface area is 156 Å². The van der Waals surface area contributed by atoms with E-state index in [-0.39, 0.29) is 24.9 Å². The Bertz CT molecular complexity index is 936. The fraction of sp³-hybridized carbons (Fsp3) is 0.300. The highest BCUT2D eigenvalue weighted by molar-refractivity contribution is 6.19. The van der Waals surface area contributed by atoms with E-state index in [1.807, 2.05) is 18.2 Å². The third-order valence-corrected chi connectivity index (χ3v) is 4.81. The van der Waals surface area contributed by atoms with Gasteiger partial charge in [-0.1, -0.05) is 11.2 Å². The summed E-state index contributed by atoms with van der Waals surface area (Å²) in [6, 6.07) is 9.09. The number of hydrogen-bond donors (Lipinski definition) is 0. The number of ether oxygens (including phenoxy) is 4. The van der Waals surface area contributed by atoms with Crippen molar-refractivity contribution < 1.29 is 28.6 Å². The summed E-state index contributed by atoms with van der Waals surface area (Å²) in [4.78, 5) is 17.9. The average molecular weight is 369 g/mol. The lowest BCUT2D eigenvalue weighted by Crippen LogP contribution is -2.26. The summed E-state index contributed by atoms with van der Waals surface area (Å²) in [5.41, 5.74) is 2.81. The van der Waals surface area contributed by atoms with Crippen LogP contribution in [0, 0.1) is 0 Å². The van der Waals surface area contributed by atoms with Crippen molar-refractivity contribution in [2.24, 2.45) is 5.16 Å². The summed E-state index contributed by atoms with van der Waals surface area (Å²) < 4.78 is 21.6. The average Bonchev–Trinajstić information content (AvgIpc) is 3.16. The van der Waals surface area contributed by atoms with Gasteiger partial charge in [0, 0.05) is 23.5 Å². The predicted octanol–water partition coefficient (Wildman–Crippen LogP) is 3.15. The van der Waals surface area contributed by atoms with Crippen molar-refractivity contribution in [1.82, 2.24) is 0 Å². The molecule has 0 spiro atoms. The van der Waals surface area contributed by atoms with E-state index in [0.29, 0.717) is 39.8 Å². The number of benzene rings is 2. The smallest absolute Gasteiger partial charge is 0.231 e. The standard InChI is InChI=1S/C20H19NO6/c1-23-16-5-4-11(6-17(16)24-2)12-7-15(22)13-8-18-19(27-10-26-18)9-14(13)20(12)21-25-3/h4-6,8-9,12H,7,10H2,1-3H3/b21-20-. The number of fused-ring (bicyclic) bond motifs is 2. The van der Waals surface area contributed by atoms with Crippen molar-refractivity contribution in [3.8, 4) is 23.0 Å². The molecule has 0 radical (unpaired) electrons. The Morgan fingerprint density at radius 1 is 0.963 bits per heavy atom. The number of carbonyl (C=O) groups is 1. The van der Waals surface area contributed by atoms with Crippen LogP contribution in [-0.4, -0.2) is 39.6 Å². The molecule has 1 unspecified atom stereocenters. The molecule has 1 aliphatic heterocycles. The van der Waals surface area contributed by atoms with E-state index < -0.39 is 0 Å². The number of hydrogen-bond acceptors (Lipinski definition) is 7. The zero-order valence-corrected chi connectivity index (χ0v) is 15.3. The maximum absolute atomic E-state index is 12.8. The minimum Gasteiger partial charge on any atom is -0.493 e. The highest BCUT2D eigenvalue weighted by atomic mass is 16.7. The van der Waals surface area contributed by atoms with Crippen LogP contribution in [0.5, 0.6) is 23.0 Å². The first-order chi connectivity index (χ1) is 13.2. The normalized spacial score (nSPS) is 19.0. The van der Waals surface area contributed by atoms with Crippen molar-refractivity contribution in [2.45, 2.75) is 12.3 Å². The van der Waals surface area contributed by atoms with Crippen molar-refractivity contribution >= 4 is 11.5 Å². The largest absolute Gasteiger partial charge is 0.493 e. The van der Waals surface area contributed by atoms with Crippen molar-refractivity contribution in [2.75, 3.05) is 28.1 Å². The number of methoxy groups -OCH3 is 2. The van der Waals surface area contributed by atoms with Gasteiger partial charge in [0.05, 0.1) is 19.9 Å². The number of ketones is 1. The van der Waals surface area contributed by atoms with E-state index >= 15 is 0 Å². The summed E-state index contributed by atoms with van der Waals surface area (Å²) in [5, 5.41) is 4.24. The molecule has 0 N–H and O–H groups in total. The predicted molar refractivity (Wildman–Crippen MR) is 97.3 cm³/mol. The van der Waals surface area contributed by atoms with E-state index in [9.17, 15) is 4.79 Å². The van der Waals surface area contributed by atoms with Gasteiger partial charge in [-0.25, -0.2) is 0 Å². The maximum Gasteiger partial charge on any atom is 0.231 e. The number of rotatable bonds is 4. The molecule has 0 fully saturated rings. The van der Waals surface area contributed by atoms with Crippen LogP contribution in [0.3, 0.4) is 0 Å². The molecule has 1 heterocycles. The molecule has 2 aromatic rings. The molecule has 27 heavy (non-hydrogen) atoms. The van der Waals surface area contributed by atoms with Gasteiger partial charge in [0.25, 0.3) is 0 Å². The van der Waals surface area contributed by atoms with Gasteiger partial charge in [-0.15, -0.1) is 0 Å². The van der Waals surface area contributed by atoms with E-state index in [4.69, 9.17) is 23.8 Å². The van der Waals surface area contributed by atoms with Crippen molar-refractivity contribution in [3.05, 3.63) is 47.0 Å². The first-order valence-electron chi connectivity index (χ1n) is 8.46. The highest BCUT2D eigenvalue weighted by Gasteiger charge is 2.35. The molecule has 2 aliphatic rings. The molecular formula is C20H19NO6. The minimum absolute atomic E-state index is 0.0122. The minimum atomic E-state index is -0.273. The van der Waals surface area contributed by atoms with Crippen LogP contribution in [0.25, 0.3) is 0 Å². The highest BCUT2D eigenvalue weighted by Crippen LogP contribution is 2.42. The number of Topliss-reactive ketones (excluding diaryl/α,β-unsaturated/α-hetero) is 1. The molecule has 7 nitrogen and oxygen atoms in total. The zero-order chi connectivity index (χ0) is 19.0. The van der Waals surface area contributed by atoms with Gasteiger partial charge in [0.1, 0.15) is 7.11 Å². The lowest BCUT2D eigenvalue weighted by Gasteiger charge is -2.26. The second-order valence-electron chi connectivity index (χ2n) is 6.20. The molecule has 0 saturated heterocycles. The van der Waals surface area contributed by atoms with Crippen LogP contribution in [0.15, 0.2) is 35.5 Å². The molecule has 7 heteroatoms. The van der Waals surface area contributed by atoms with E-state index in [1.54, 1.807) is 26.4 Å². The van der Waals surface area contributed by atoms with Gasteiger partial charge in [-0.2, -0.15) is 0 Å². The SMILES string of the molecule is CO/N=C1\c2cc3c(cc2C(=O)CC1c1ccc(OC)c(OC)c1)OCO3. The molecule has 0 amide bonds. The second kappa shape index (κ2) is 6.83. The molecule has 1 aliphatic carbocycles. The molecule has 4 rings (SSSR count). The second-order valence-corrected chi connectivity index (χ2v) is 6.20. The Morgan fingerprint density at radius 2 is 1.67 bits per heavy atom. The van der Waals surface area contributed by atoms with E-state index in [2.05, 4.69) is 5.16 Å². The molecular weight excluding hydrogens is 350 g/mol. The van der Waals surface area contributed by atoms with Crippen molar-refractivity contribution in [1.29, 1.82) is 0 Å². The van der Waals surface area contributed by atoms with Gasteiger partial charge in [0.2, 0.25) is 6.79 Å². The summed E-state index contributed by atoms with van der Waals surface area (Å²) in [7, 11) is 4.65. The first kappa shape index (κ1) is 17.2. The topological polar surface area (TPSA) is 75.6 Å². The Hall–Kier alpha value is -3.22. The monoisotopic (exact) mass is 369 g/mol. The quantitative estimate of drug-likeness (QED) is 0.771. The van der Waals surface area contributed by atoms with Crippen LogP contribution < -0.4 is 18.9 Å². The van der Waals surface area contributed by atoms with Crippen LogP contribution in [-0.2, 0) is 4.84 Å². The number of nitrogens with zero attached hydrogens (tertiary/aromatic N) is 1. The molecule has 0 aromatic heterocycles. The van der Waals surface area contributed by atoms with Gasteiger partial charge < -0.3 is 23.8 Å². The van der Waals surface area contributed by atoms with Gasteiger partial charge in [-0.05, 0) is 29.8 Å². The van der Waals surface area contributed by atoms with Gasteiger partial charge >= 0.3 is 0 Å². The number of oxime groups is 1. The number of carbonyl (C=O) groups excluding carboxylic acids is 1. The third-order valence-electron chi connectivity index (χ3n) is 4.81. The Kier molecular flexibility index (Phi) is 4.35. The van der Waals surface area contributed by atoms with Crippen LogP contribution >= 0.6 is 0 Å². The molecule has 0 saturated carbocycles. The van der Waals surface area contributed by atoms with Crippen LogP contribution in [0.4, 0.5) is 0 Å². The lowest BCUT2D eigenvalue weighted by molar-refractivity contribution is 0.0975. The maximum atomic E-state index is 12.8. The molecule has 1 atom stereocenters.